The first kappa shape index (κ1) is 17.5. The molecule has 0 aliphatic carbocycles. The lowest BCUT2D eigenvalue weighted by Crippen LogP contribution is -2.31. The maximum atomic E-state index is 12.6. The quantitative estimate of drug-likeness (QED) is 0.784. The Kier molecular flexibility index (Phi) is 5.68. The molecule has 1 fully saturated rings. The number of carbonyl (C=O) groups excluding carboxylic acids is 2. The van der Waals surface area contributed by atoms with Crippen LogP contribution >= 0.6 is 0 Å². The number of amides is 2. The molecule has 0 bridgehead atoms. The molecule has 0 radical (unpaired) electrons. The first-order valence-corrected chi connectivity index (χ1v) is 9.17. The van der Waals surface area contributed by atoms with Crippen LogP contribution in [-0.4, -0.2) is 45.9 Å². The number of carbonyl (C=O) groups is 2. The molecule has 1 N–H and O–H groups in total. The zero-order valence-corrected chi connectivity index (χ0v) is 14.8. The molecule has 2 amide bonds. The van der Waals surface area contributed by atoms with Gasteiger partial charge in [0.2, 0.25) is 11.8 Å². The van der Waals surface area contributed by atoms with Crippen LogP contribution in [0.4, 0.5) is 0 Å². The number of likely N-dealkylation sites (tertiary alicyclic amines) is 1. The summed E-state index contributed by atoms with van der Waals surface area (Å²) in [4.78, 5) is 30.6. The summed E-state index contributed by atoms with van der Waals surface area (Å²) < 4.78 is 2.04. The zero-order chi connectivity index (χ0) is 17.6. The number of aryl methyl sites for hydroxylation is 1. The number of aromatic nitrogens is 2. The van der Waals surface area contributed by atoms with Gasteiger partial charge in [0.25, 0.3) is 0 Å². The number of rotatable bonds is 7. The van der Waals surface area contributed by atoms with Gasteiger partial charge in [-0.2, -0.15) is 0 Å². The van der Waals surface area contributed by atoms with Crippen molar-refractivity contribution >= 4 is 22.8 Å². The molecule has 3 rings (SSSR count). The highest BCUT2D eigenvalue weighted by molar-refractivity contribution is 5.81. The summed E-state index contributed by atoms with van der Waals surface area (Å²) in [7, 11) is 0. The number of hydrogen-bond donors (Lipinski definition) is 1. The number of para-hydroxylation sites is 2. The monoisotopic (exact) mass is 342 g/mol. The summed E-state index contributed by atoms with van der Waals surface area (Å²) in [6.45, 7) is 4.56. The lowest BCUT2D eigenvalue weighted by molar-refractivity contribution is -0.130. The minimum atomic E-state index is 0.0673. The van der Waals surface area contributed by atoms with Gasteiger partial charge in [0.05, 0.1) is 11.0 Å². The second-order valence-electron chi connectivity index (χ2n) is 6.50. The normalized spacial score (nSPS) is 14.2. The van der Waals surface area contributed by atoms with Gasteiger partial charge in [-0.15, -0.1) is 0 Å². The molecule has 6 heteroatoms. The largest absolute Gasteiger partial charge is 0.356 e. The van der Waals surface area contributed by atoms with Gasteiger partial charge in [-0.3, -0.25) is 9.59 Å². The molecule has 2 aromatic rings. The molecular formula is C19H26N4O2. The van der Waals surface area contributed by atoms with Crippen LogP contribution in [0.25, 0.3) is 11.0 Å². The van der Waals surface area contributed by atoms with Crippen molar-refractivity contribution in [3.8, 4) is 0 Å². The van der Waals surface area contributed by atoms with Crippen LogP contribution in [0.3, 0.4) is 0 Å². The van der Waals surface area contributed by atoms with Crippen molar-refractivity contribution in [2.75, 3.05) is 19.6 Å². The van der Waals surface area contributed by atoms with Crippen LogP contribution in [0.5, 0.6) is 0 Å². The van der Waals surface area contributed by atoms with Gasteiger partial charge in [0.1, 0.15) is 12.4 Å². The SMILES string of the molecule is CCC(=O)NCCCc1nc2ccccc2n1CC(=O)N1CCCC1. The van der Waals surface area contributed by atoms with E-state index in [2.05, 4.69) is 5.32 Å². The van der Waals surface area contributed by atoms with Crippen LogP contribution in [0.2, 0.25) is 0 Å². The molecule has 25 heavy (non-hydrogen) atoms. The molecule has 0 spiro atoms. The Morgan fingerprint density at radius 1 is 1.20 bits per heavy atom. The van der Waals surface area contributed by atoms with E-state index < -0.39 is 0 Å². The summed E-state index contributed by atoms with van der Waals surface area (Å²) >= 11 is 0. The number of benzene rings is 1. The van der Waals surface area contributed by atoms with E-state index in [4.69, 9.17) is 4.98 Å². The molecule has 6 nitrogen and oxygen atoms in total. The van der Waals surface area contributed by atoms with Gasteiger partial charge in [-0.05, 0) is 31.4 Å². The van der Waals surface area contributed by atoms with E-state index >= 15 is 0 Å². The van der Waals surface area contributed by atoms with E-state index in [1.165, 1.54) is 0 Å². The summed E-state index contributed by atoms with van der Waals surface area (Å²) in [5, 5.41) is 2.89. The van der Waals surface area contributed by atoms with E-state index in [-0.39, 0.29) is 11.8 Å². The third-order valence-electron chi connectivity index (χ3n) is 4.71. The van der Waals surface area contributed by atoms with Gasteiger partial charge in [0, 0.05) is 32.5 Å². The van der Waals surface area contributed by atoms with Gasteiger partial charge < -0.3 is 14.8 Å². The number of imidazole rings is 1. The smallest absolute Gasteiger partial charge is 0.242 e. The average Bonchev–Trinajstić information content (AvgIpc) is 3.27. The second-order valence-corrected chi connectivity index (χ2v) is 6.50. The van der Waals surface area contributed by atoms with Crippen molar-refractivity contribution in [2.45, 2.75) is 45.6 Å². The number of fused-ring (bicyclic) bond motifs is 1. The molecule has 0 unspecified atom stereocenters. The van der Waals surface area contributed by atoms with Crippen molar-refractivity contribution in [3.05, 3.63) is 30.1 Å². The molecule has 0 atom stereocenters. The Morgan fingerprint density at radius 2 is 1.96 bits per heavy atom. The lowest BCUT2D eigenvalue weighted by atomic mass is 10.3. The molecule has 2 heterocycles. The summed E-state index contributed by atoms with van der Waals surface area (Å²) in [6.07, 6.45) is 4.25. The van der Waals surface area contributed by atoms with Crippen molar-refractivity contribution < 1.29 is 9.59 Å². The first-order valence-electron chi connectivity index (χ1n) is 9.17. The highest BCUT2D eigenvalue weighted by atomic mass is 16.2. The Morgan fingerprint density at radius 3 is 2.72 bits per heavy atom. The molecule has 0 saturated carbocycles. The van der Waals surface area contributed by atoms with Gasteiger partial charge in [-0.25, -0.2) is 4.98 Å². The zero-order valence-electron chi connectivity index (χ0n) is 14.8. The maximum Gasteiger partial charge on any atom is 0.242 e. The van der Waals surface area contributed by atoms with E-state index in [0.717, 1.165) is 55.6 Å². The summed E-state index contributed by atoms with van der Waals surface area (Å²) in [5.74, 6) is 1.15. The fourth-order valence-corrected chi connectivity index (χ4v) is 3.29. The van der Waals surface area contributed by atoms with Gasteiger partial charge >= 0.3 is 0 Å². The van der Waals surface area contributed by atoms with Crippen molar-refractivity contribution in [1.29, 1.82) is 0 Å². The topological polar surface area (TPSA) is 67.2 Å². The predicted octanol–water partition coefficient (Wildman–Crippen LogP) is 2.12. The summed E-state index contributed by atoms with van der Waals surface area (Å²) in [6, 6.07) is 7.94. The van der Waals surface area contributed by atoms with Gasteiger partial charge in [0.15, 0.2) is 0 Å². The van der Waals surface area contributed by atoms with E-state index in [1.807, 2.05) is 40.7 Å². The fourth-order valence-electron chi connectivity index (χ4n) is 3.29. The van der Waals surface area contributed by atoms with E-state index in [1.54, 1.807) is 0 Å². The first-order chi connectivity index (χ1) is 12.2. The number of nitrogens with one attached hydrogen (secondary N) is 1. The van der Waals surface area contributed by atoms with Crippen LogP contribution < -0.4 is 5.32 Å². The minimum absolute atomic E-state index is 0.0673. The Labute approximate surface area is 148 Å². The molecule has 1 aromatic heterocycles. The molecule has 1 aromatic carbocycles. The molecule has 1 aliphatic rings. The van der Waals surface area contributed by atoms with E-state index in [0.29, 0.717) is 19.5 Å². The minimum Gasteiger partial charge on any atom is -0.356 e. The Bertz CT molecular complexity index is 747. The standard InChI is InChI=1S/C19H26N4O2/c1-2-18(24)20-11-7-10-17-21-15-8-3-4-9-16(15)23(17)14-19(25)22-12-5-6-13-22/h3-4,8-9H,2,5-7,10-14H2,1H3,(H,20,24). The lowest BCUT2D eigenvalue weighted by Gasteiger charge is -2.17. The van der Waals surface area contributed by atoms with Crippen LogP contribution in [0.1, 0.15) is 38.4 Å². The molecule has 1 saturated heterocycles. The third-order valence-corrected chi connectivity index (χ3v) is 4.71. The Hall–Kier alpha value is -2.37. The van der Waals surface area contributed by atoms with Crippen LogP contribution in [0, 0.1) is 0 Å². The molecule has 1 aliphatic heterocycles. The maximum absolute atomic E-state index is 12.6. The molecule has 134 valence electrons. The van der Waals surface area contributed by atoms with Crippen LogP contribution in [0.15, 0.2) is 24.3 Å². The number of nitrogens with zero attached hydrogens (tertiary/aromatic N) is 3. The number of hydrogen-bond acceptors (Lipinski definition) is 3. The molecular weight excluding hydrogens is 316 g/mol. The van der Waals surface area contributed by atoms with Crippen molar-refractivity contribution in [3.63, 3.8) is 0 Å². The summed E-state index contributed by atoms with van der Waals surface area (Å²) in [5.41, 5.74) is 1.92. The van der Waals surface area contributed by atoms with Crippen molar-refractivity contribution in [1.82, 2.24) is 19.8 Å². The highest BCUT2D eigenvalue weighted by Crippen LogP contribution is 2.18. The fraction of sp³-hybridized carbons (Fsp3) is 0.526. The third kappa shape index (κ3) is 4.18. The Balaban J connectivity index is 1.72. The second kappa shape index (κ2) is 8.14. The average molecular weight is 342 g/mol. The van der Waals surface area contributed by atoms with Crippen LogP contribution in [-0.2, 0) is 22.6 Å². The van der Waals surface area contributed by atoms with Gasteiger partial charge in [-0.1, -0.05) is 19.1 Å². The predicted molar refractivity (Wildman–Crippen MR) is 97.2 cm³/mol. The van der Waals surface area contributed by atoms with Crippen molar-refractivity contribution in [2.24, 2.45) is 0 Å². The van der Waals surface area contributed by atoms with E-state index in [9.17, 15) is 9.59 Å². The highest BCUT2D eigenvalue weighted by Gasteiger charge is 2.20.